The predicted molar refractivity (Wildman–Crippen MR) is 47.0 cm³/mol. The van der Waals surface area contributed by atoms with E-state index in [0.717, 1.165) is 19.4 Å². The van der Waals surface area contributed by atoms with Gasteiger partial charge in [-0.1, -0.05) is 0 Å². The highest BCUT2D eigenvalue weighted by atomic mass is 19.4. The maximum absolute atomic E-state index is 12.2. The van der Waals surface area contributed by atoms with Gasteiger partial charge in [-0.15, -0.1) is 0 Å². The van der Waals surface area contributed by atoms with Gasteiger partial charge in [0, 0.05) is 25.7 Å². The highest BCUT2D eigenvalue weighted by Crippen LogP contribution is 2.36. The number of halogens is 3. The molecule has 0 aromatic carbocycles. The van der Waals surface area contributed by atoms with Crippen molar-refractivity contribution in [3.05, 3.63) is 0 Å². The Bertz CT molecular complexity index is 201. The molecule has 0 amide bonds. The average Bonchev–Trinajstić information content (AvgIpc) is 2.85. The third kappa shape index (κ3) is 2.60. The molecule has 82 valence electrons. The van der Waals surface area contributed by atoms with Crippen LogP contribution in [-0.4, -0.2) is 43.3 Å². The first kappa shape index (κ1) is 10.2. The van der Waals surface area contributed by atoms with Crippen LogP contribution < -0.4 is 5.32 Å². The van der Waals surface area contributed by atoms with Gasteiger partial charge >= 0.3 is 6.18 Å². The lowest BCUT2D eigenvalue weighted by Crippen LogP contribution is -2.54. The van der Waals surface area contributed by atoms with Crippen molar-refractivity contribution < 1.29 is 13.2 Å². The van der Waals surface area contributed by atoms with Crippen LogP contribution in [0.3, 0.4) is 0 Å². The standard InChI is InChI=1S/C9H15F3N2/c10-9(11,12)6-14-4-3-13-5-8(14)7-1-2-7/h7-8,13H,1-6H2. The fourth-order valence-electron chi connectivity index (χ4n) is 2.14. The van der Waals surface area contributed by atoms with Gasteiger partial charge in [0.2, 0.25) is 0 Å². The summed E-state index contributed by atoms with van der Waals surface area (Å²) in [6.07, 6.45) is -1.86. The average molecular weight is 208 g/mol. The Morgan fingerprint density at radius 3 is 2.57 bits per heavy atom. The molecule has 0 aromatic heterocycles. The summed E-state index contributed by atoms with van der Waals surface area (Å²) < 4.78 is 36.7. The third-order valence-electron chi connectivity index (χ3n) is 2.95. The Kier molecular flexibility index (Phi) is 2.70. The molecule has 1 atom stereocenters. The number of piperazine rings is 1. The third-order valence-corrected chi connectivity index (χ3v) is 2.95. The fraction of sp³-hybridized carbons (Fsp3) is 1.00. The minimum Gasteiger partial charge on any atom is -0.314 e. The zero-order valence-electron chi connectivity index (χ0n) is 7.98. The Morgan fingerprint density at radius 1 is 1.29 bits per heavy atom. The summed E-state index contributed by atoms with van der Waals surface area (Å²) in [5.41, 5.74) is 0. The van der Waals surface area contributed by atoms with E-state index in [-0.39, 0.29) is 6.04 Å². The molecule has 14 heavy (non-hydrogen) atoms. The molecule has 1 unspecified atom stereocenters. The van der Waals surface area contributed by atoms with Crippen molar-refractivity contribution in [3.63, 3.8) is 0 Å². The topological polar surface area (TPSA) is 15.3 Å². The molecular formula is C9H15F3N2. The van der Waals surface area contributed by atoms with Crippen molar-refractivity contribution >= 4 is 0 Å². The summed E-state index contributed by atoms with van der Waals surface area (Å²) >= 11 is 0. The molecule has 2 nitrogen and oxygen atoms in total. The monoisotopic (exact) mass is 208 g/mol. The Balaban J connectivity index is 1.92. The summed E-state index contributed by atoms with van der Waals surface area (Å²) in [4.78, 5) is 1.59. The van der Waals surface area contributed by atoms with Crippen molar-refractivity contribution in [2.45, 2.75) is 25.1 Å². The van der Waals surface area contributed by atoms with E-state index in [1.807, 2.05) is 0 Å². The van der Waals surface area contributed by atoms with E-state index in [2.05, 4.69) is 5.32 Å². The molecular weight excluding hydrogens is 193 g/mol. The van der Waals surface area contributed by atoms with Gasteiger partial charge in [0.1, 0.15) is 0 Å². The lowest BCUT2D eigenvalue weighted by Gasteiger charge is -2.36. The maximum Gasteiger partial charge on any atom is 0.401 e. The number of rotatable bonds is 2. The van der Waals surface area contributed by atoms with Gasteiger partial charge in [-0.25, -0.2) is 0 Å². The maximum atomic E-state index is 12.2. The lowest BCUT2D eigenvalue weighted by atomic mass is 10.1. The molecule has 5 heteroatoms. The van der Waals surface area contributed by atoms with E-state index in [1.165, 1.54) is 0 Å². The first-order valence-electron chi connectivity index (χ1n) is 5.08. The second kappa shape index (κ2) is 3.70. The van der Waals surface area contributed by atoms with Crippen molar-refractivity contribution in [3.8, 4) is 0 Å². The van der Waals surface area contributed by atoms with E-state index in [0.29, 0.717) is 19.0 Å². The summed E-state index contributed by atoms with van der Waals surface area (Å²) in [7, 11) is 0. The van der Waals surface area contributed by atoms with Crippen LogP contribution in [0.5, 0.6) is 0 Å². The smallest absolute Gasteiger partial charge is 0.314 e. The molecule has 2 rings (SSSR count). The van der Waals surface area contributed by atoms with Crippen molar-refractivity contribution in [2.24, 2.45) is 5.92 Å². The SMILES string of the molecule is FC(F)(F)CN1CCNCC1C1CC1. The van der Waals surface area contributed by atoms with Crippen LogP contribution in [-0.2, 0) is 0 Å². The highest BCUT2D eigenvalue weighted by Gasteiger charge is 2.41. The molecule has 1 saturated carbocycles. The van der Waals surface area contributed by atoms with Crippen molar-refractivity contribution in [1.29, 1.82) is 0 Å². The van der Waals surface area contributed by atoms with Crippen LogP contribution in [0.2, 0.25) is 0 Å². The number of hydrogen-bond donors (Lipinski definition) is 1. The van der Waals surface area contributed by atoms with Crippen LogP contribution in [0.1, 0.15) is 12.8 Å². The number of nitrogens with one attached hydrogen (secondary N) is 1. The second-order valence-electron chi connectivity index (χ2n) is 4.19. The number of hydrogen-bond acceptors (Lipinski definition) is 2. The van der Waals surface area contributed by atoms with Crippen LogP contribution in [0.25, 0.3) is 0 Å². The Hall–Kier alpha value is -0.290. The normalized spacial score (nSPS) is 30.6. The summed E-state index contributed by atoms with van der Waals surface area (Å²) in [6, 6.07) is 0.116. The lowest BCUT2D eigenvalue weighted by molar-refractivity contribution is -0.153. The molecule has 1 saturated heterocycles. The molecule has 2 fully saturated rings. The highest BCUT2D eigenvalue weighted by molar-refractivity contribution is 4.92. The molecule has 0 spiro atoms. The van der Waals surface area contributed by atoms with Gasteiger partial charge in [-0.2, -0.15) is 13.2 Å². The van der Waals surface area contributed by atoms with E-state index >= 15 is 0 Å². The quantitative estimate of drug-likeness (QED) is 0.734. The predicted octanol–water partition coefficient (Wildman–Crippen LogP) is 1.23. The van der Waals surface area contributed by atoms with Crippen LogP contribution in [0.15, 0.2) is 0 Å². The van der Waals surface area contributed by atoms with E-state index in [9.17, 15) is 13.2 Å². The summed E-state index contributed by atoms with van der Waals surface area (Å²) in [5, 5.41) is 3.16. The van der Waals surface area contributed by atoms with Crippen molar-refractivity contribution in [2.75, 3.05) is 26.2 Å². The molecule has 0 bridgehead atoms. The molecule has 1 N–H and O–H groups in total. The van der Waals surface area contributed by atoms with Crippen LogP contribution >= 0.6 is 0 Å². The molecule has 1 aliphatic carbocycles. The zero-order valence-corrected chi connectivity index (χ0v) is 7.98. The molecule has 1 heterocycles. The van der Waals surface area contributed by atoms with Gasteiger partial charge < -0.3 is 5.32 Å². The van der Waals surface area contributed by atoms with Crippen LogP contribution in [0, 0.1) is 5.92 Å². The summed E-state index contributed by atoms with van der Waals surface area (Å²) in [6.45, 7) is 1.19. The molecule has 0 radical (unpaired) electrons. The van der Waals surface area contributed by atoms with E-state index in [4.69, 9.17) is 0 Å². The number of nitrogens with zero attached hydrogens (tertiary/aromatic N) is 1. The fourth-order valence-corrected chi connectivity index (χ4v) is 2.14. The molecule has 2 aliphatic rings. The van der Waals surface area contributed by atoms with Gasteiger partial charge in [0.15, 0.2) is 0 Å². The second-order valence-corrected chi connectivity index (χ2v) is 4.19. The minimum absolute atomic E-state index is 0.116. The van der Waals surface area contributed by atoms with Gasteiger partial charge in [-0.3, -0.25) is 4.90 Å². The molecule has 0 aromatic rings. The summed E-state index contributed by atoms with van der Waals surface area (Å²) in [5.74, 6) is 0.505. The Labute approximate surface area is 81.5 Å². The first-order chi connectivity index (χ1) is 6.56. The van der Waals surface area contributed by atoms with Gasteiger partial charge in [-0.05, 0) is 18.8 Å². The van der Waals surface area contributed by atoms with E-state index in [1.54, 1.807) is 4.90 Å². The van der Waals surface area contributed by atoms with Gasteiger partial charge in [0.05, 0.1) is 6.54 Å². The Morgan fingerprint density at radius 2 is 2.00 bits per heavy atom. The minimum atomic E-state index is -4.05. The van der Waals surface area contributed by atoms with Gasteiger partial charge in [0.25, 0.3) is 0 Å². The molecule has 1 aliphatic heterocycles. The van der Waals surface area contributed by atoms with Crippen LogP contribution in [0.4, 0.5) is 13.2 Å². The number of alkyl halides is 3. The van der Waals surface area contributed by atoms with Crippen molar-refractivity contribution in [1.82, 2.24) is 10.2 Å². The first-order valence-corrected chi connectivity index (χ1v) is 5.08. The largest absolute Gasteiger partial charge is 0.401 e. The van der Waals surface area contributed by atoms with E-state index < -0.39 is 12.7 Å². The zero-order chi connectivity index (χ0) is 10.2.